The molecular formula is C8H15N3O. The fourth-order valence-corrected chi connectivity index (χ4v) is 1.96. The van der Waals surface area contributed by atoms with Gasteiger partial charge in [0.2, 0.25) is 0 Å². The molecule has 0 aromatic carbocycles. The Labute approximate surface area is 72.5 Å². The van der Waals surface area contributed by atoms with Crippen molar-refractivity contribution in [2.75, 3.05) is 32.7 Å². The van der Waals surface area contributed by atoms with E-state index in [1.165, 1.54) is 0 Å². The van der Waals surface area contributed by atoms with E-state index in [1.807, 2.05) is 4.90 Å². The Morgan fingerprint density at radius 2 is 2.42 bits per heavy atom. The van der Waals surface area contributed by atoms with Gasteiger partial charge in [0.25, 0.3) is 0 Å². The largest absolute Gasteiger partial charge is 0.336 e. The summed E-state index contributed by atoms with van der Waals surface area (Å²) in [5.41, 5.74) is 0. The monoisotopic (exact) mass is 169 g/mol. The van der Waals surface area contributed by atoms with Crippen LogP contribution in [-0.2, 0) is 0 Å². The van der Waals surface area contributed by atoms with Gasteiger partial charge in [-0.05, 0) is 6.54 Å². The summed E-state index contributed by atoms with van der Waals surface area (Å²) >= 11 is 0. The van der Waals surface area contributed by atoms with E-state index in [9.17, 15) is 4.79 Å². The SMILES string of the molecule is CCN1CCN2C(=O)NCC2C1. The first kappa shape index (κ1) is 7.86. The molecule has 1 N–H and O–H groups in total. The fourth-order valence-electron chi connectivity index (χ4n) is 1.96. The van der Waals surface area contributed by atoms with Gasteiger partial charge in [-0.1, -0.05) is 6.92 Å². The fraction of sp³-hybridized carbons (Fsp3) is 0.875. The van der Waals surface area contributed by atoms with Crippen molar-refractivity contribution in [3.63, 3.8) is 0 Å². The van der Waals surface area contributed by atoms with Gasteiger partial charge in [-0.15, -0.1) is 0 Å². The molecular weight excluding hydrogens is 154 g/mol. The highest BCUT2D eigenvalue weighted by molar-refractivity contribution is 5.77. The van der Waals surface area contributed by atoms with Crippen LogP contribution in [-0.4, -0.2) is 54.6 Å². The molecule has 0 radical (unpaired) electrons. The Bertz CT molecular complexity index is 195. The molecule has 1 unspecified atom stereocenters. The van der Waals surface area contributed by atoms with Crippen LogP contribution in [0.25, 0.3) is 0 Å². The van der Waals surface area contributed by atoms with Crippen LogP contribution in [0.2, 0.25) is 0 Å². The number of rotatable bonds is 1. The van der Waals surface area contributed by atoms with E-state index >= 15 is 0 Å². The maximum atomic E-state index is 11.2. The number of hydrogen-bond acceptors (Lipinski definition) is 2. The Kier molecular flexibility index (Phi) is 1.92. The summed E-state index contributed by atoms with van der Waals surface area (Å²) in [5, 5.41) is 2.87. The number of carbonyl (C=O) groups is 1. The highest BCUT2D eigenvalue weighted by Gasteiger charge is 2.34. The Hall–Kier alpha value is -0.770. The van der Waals surface area contributed by atoms with Gasteiger partial charge in [0.15, 0.2) is 0 Å². The van der Waals surface area contributed by atoms with Gasteiger partial charge in [-0.25, -0.2) is 4.79 Å². The first-order valence-corrected chi connectivity index (χ1v) is 4.58. The van der Waals surface area contributed by atoms with Crippen LogP contribution in [0.15, 0.2) is 0 Å². The minimum absolute atomic E-state index is 0.121. The van der Waals surface area contributed by atoms with Crippen molar-refractivity contribution in [3.8, 4) is 0 Å². The molecule has 4 heteroatoms. The van der Waals surface area contributed by atoms with E-state index in [0.29, 0.717) is 6.04 Å². The van der Waals surface area contributed by atoms with Crippen molar-refractivity contribution in [1.82, 2.24) is 15.1 Å². The highest BCUT2D eigenvalue weighted by Crippen LogP contribution is 2.13. The van der Waals surface area contributed by atoms with Crippen LogP contribution in [0.1, 0.15) is 6.92 Å². The van der Waals surface area contributed by atoms with E-state index in [1.54, 1.807) is 0 Å². The van der Waals surface area contributed by atoms with Gasteiger partial charge in [-0.3, -0.25) is 4.90 Å². The van der Waals surface area contributed by atoms with Gasteiger partial charge in [-0.2, -0.15) is 0 Å². The number of nitrogens with zero attached hydrogens (tertiary/aromatic N) is 2. The highest BCUT2D eigenvalue weighted by atomic mass is 16.2. The number of hydrogen-bond donors (Lipinski definition) is 1. The predicted molar refractivity (Wildman–Crippen MR) is 46.0 cm³/mol. The lowest BCUT2D eigenvalue weighted by Crippen LogP contribution is -2.51. The molecule has 0 spiro atoms. The predicted octanol–water partition coefficient (Wildman–Crippen LogP) is -0.284. The van der Waals surface area contributed by atoms with Crippen LogP contribution < -0.4 is 5.32 Å². The molecule has 0 aromatic rings. The summed E-state index contributed by atoms with van der Waals surface area (Å²) < 4.78 is 0. The number of fused-ring (bicyclic) bond motifs is 1. The van der Waals surface area contributed by atoms with E-state index in [-0.39, 0.29) is 6.03 Å². The molecule has 4 nitrogen and oxygen atoms in total. The number of urea groups is 1. The second kappa shape index (κ2) is 2.94. The van der Waals surface area contributed by atoms with Gasteiger partial charge in [0.05, 0.1) is 6.04 Å². The van der Waals surface area contributed by atoms with Gasteiger partial charge in [0.1, 0.15) is 0 Å². The van der Waals surface area contributed by atoms with Crippen LogP contribution >= 0.6 is 0 Å². The van der Waals surface area contributed by atoms with Crippen LogP contribution in [0, 0.1) is 0 Å². The first-order valence-electron chi connectivity index (χ1n) is 4.58. The summed E-state index contributed by atoms with van der Waals surface area (Å²) in [6.45, 7) is 7.05. The molecule has 0 aromatic heterocycles. The van der Waals surface area contributed by atoms with Crippen molar-refractivity contribution in [3.05, 3.63) is 0 Å². The lowest BCUT2D eigenvalue weighted by Gasteiger charge is -2.35. The third kappa shape index (κ3) is 1.16. The molecule has 2 amide bonds. The van der Waals surface area contributed by atoms with E-state index < -0.39 is 0 Å². The van der Waals surface area contributed by atoms with Crippen molar-refractivity contribution in [1.29, 1.82) is 0 Å². The summed E-state index contributed by atoms with van der Waals surface area (Å²) in [4.78, 5) is 15.5. The molecule has 2 aliphatic heterocycles. The number of amides is 2. The number of piperazine rings is 1. The minimum Gasteiger partial charge on any atom is -0.336 e. The second-order valence-electron chi connectivity index (χ2n) is 3.43. The average molecular weight is 169 g/mol. The standard InChI is InChI=1S/C8H15N3O/c1-2-10-3-4-11-7(6-10)5-9-8(11)12/h7H,2-6H2,1H3,(H,9,12). The minimum atomic E-state index is 0.121. The topological polar surface area (TPSA) is 35.6 Å². The van der Waals surface area contributed by atoms with E-state index in [0.717, 1.165) is 32.7 Å². The lowest BCUT2D eigenvalue weighted by atomic mass is 10.2. The lowest BCUT2D eigenvalue weighted by molar-refractivity contribution is 0.125. The zero-order valence-electron chi connectivity index (χ0n) is 7.42. The normalized spacial score (nSPS) is 30.2. The molecule has 0 saturated carbocycles. The molecule has 68 valence electrons. The summed E-state index contributed by atoms with van der Waals surface area (Å²) in [7, 11) is 0. The van der Waals surface area contributed by atoms with Crippen LogP contribution in [0.4, 0.5) is 4.79 Å². The first-order chi connectivity index (χ1) is 5.81. The molecule has 2 heterocycles. The Morgan fingerprint density at radius 3 is 3.17 bits per heavy atom. The number of carbonyl (C=O) groups excluding carboxylic acids is 1. The second-order valence-corrected chi connectivity index (χ2v) is 3.43. The summed E-state index contributed by atoms with van der Waals surface area (Å²) in [6, 6.07) is 0.543. The van der Waals surface area contributed by atoms with Crippen molar-refractivity contribution in [2.45, 2.75) is 13.0 Å². The number of nitrogens with one attached hydrogen (secondary N) is 1. The smallest absolute Gasteiger partial charge is 0.317 e. The molecule has 2 rings (SSSR count). The van der Waals surface area contributed by atoms with Crippen molar-refractivity contribution >= 4 is 6.03 Å². The summed E-state index contributed by atoms with van der Waals surface area (Å²) in [5.74, 6) is 0. The molecule has 2 fully saturated rings. The van der Waals surface area contributed by atoms with E-state index in [4.69, 9.17) is 0 Å². The molecule has 1 atom stereocenters. The summed E-state index contributed by atoms with van der Waals surface area (Å²) in [6.07, 6.45) is 0. The average Bonchev–Trinajstić information content (AvgIpc) is 2.47. The Morgan fingerprint density at radius 1 is 1.58 bits per heavy atom. The van der Waals surface area contributed by atoms with Gasteiger partial charge in [0, 0.05) is 26.2 Å². The molecule has 2 aliphatic rings. The van der Waals surface area contributed by atoms with Crippen LogP contribution in [0.3, 0.4) is 0 Å². The van der Waals surface area contributed by atoms with Crippen molar-refractivity contribution < 1.29 is 4.79 Å². The molecule has 0 aliphatic carbocycles. The van der Waals surface area contributed by atoms with E-state index in [2.05, 4.69) is 17.1 Å². The zero-order chi connectivity index (χ0) is 8.55. The Balaban J connectivity index is 1.99. The molecule has 2 saturated heterocycles. The third-order valence-corrected chi connectivity index (χ3v) is 2.76. The zero-order valence-corrected chi connectivity index (χ0v) is 7.42. The van der Waals surface area contributed by atoms with Crippen molar-refractivity contribution in [2.24, 2.45) is 0 Å². The maximum Gasteiger partial charge on any atom is 0.317 e. The number of likely N-dealkylation sites (N-methyl/N-ethyl adjacent to an activating group) is 1. The molecule has 0 bridgehead atoms. The molecule has 12 heavy (non-hydrogen) atoms. The third-order valence-electron chi connectivity index (χ3n) is 2.76. The maximum absolute atomic E-state index is 11.2. The van der Waals surface area contributed by atoms with Gasteiger partial charge < -0.3 is 10.2 Å². The van der Waals surface area contributed by atoms with Gasteiger partial charge >= 0.3 is 6.03 Å². The quantitative estimate of drug-likeness (QED) is 0.586. The van der Waals surface area contributed by atoms with Crippen LogP contribution in [0.5, 0.6) is 0 Å².